The Morgan fingerprint density at radius 1 is 1.36 bits per heavy atom. The molecule has 0 aromatic heterocycles. The van der Waals surface area contributed by atoms with Crippen LogP contribution in [0.4, 0.5) is 0 Å². The molecule has 0 radical (unpaired) electrons. The van der Waals surface area contributed by atoms with E-state index in [1.165, 1.54) is 25.3 Å². The van der Waals surface area contributed by atoms with Crippen molar-refractivity contribution in [3.63, 3.8) is 0 Å². The first kappa shape index (κ1) is 16.1. The van der Waals surface area contributed by atoms with E-state index in [2.05, 4.69) is 6.92 Å². The molecule has 0 unspecified atom stereocenters. The van der Waals surface area contributed by atoms with E-state index in [4.69, 9.17) is 14.6 Å². The molecule has 1 atom stereocenters. The van der Waals surface area contributed by atoms with E-state index in [0.29, 0.717) is 17.4 Å². The average molecular weight is 307 g/mol. The Morgan fingerprint density at radius 2 is 2.14 bits per heavy atom. The lowest BCUT2D eigenvalue weighted by Gasteiger charge is -2.30. The first-order valence-electron chi connectivity index (χ1n) is 7.33. The third kappa shape index (κ3) is 3.90. The Hall–Kier alpha value is -2.24. The van der Waals surface area contributed by atoms with E-state index in [1.54, 1.807) is 0 Å². The van der Waals surface area contributed by atoms with Crippen molar-refractivity contribution in [2.24, 2.45) is 5.92 Å². The Labute approximate surface area is 129 Å². The minimum atomic E-state index is -1.04. The fraction of sp³-hybridized carbons (Fsp3) is 0.500. The summed E-state index contributed by atoms with van der Waals surface area (Å²) in [7, 11) is 1.43. The van der Waals surface area contributed by atoms with Gasteiger partial charge in [0.15, 0.2) is 18.1 Å². The number of hydrogen-bond donors (Lipinski definition) is 1. The standard InChI is InChI=1S/C16H21NO5/c1-11-4-3-7-17(9-11)15(18)10-22-13-6-5-12(16(19)20)8-14(13)21-2/h5-6,8,11H,3-4,7,9-10H2,1-2H3,(H,19,20)/t11-/m1/s1. The maximum atomic E-state index is 12.2. The number of benzene rings is 1. The van der Waals surface area contributed by atoms with Crippen molar-refractivity contribution in [3.05, 3.63) is 23.8 Å². The lowest BCUT2D eigenvalue weighted by atomic mass is 10.0. The summed E-state index contributed by atoms with van der Waals surface area (Å²) in [5.41, 5.74) is 0.111. The van der Waals surface area contributed by atoms with Gasteiger partial charge in [-0.3, -0.25) is 4.79 Å². The van der Waals surface area contributed by atoms with Crippen LogP contribution in [-0.2, 0) is 4.79 Å². The molecular weight excluding hydrogens is 286 g/mol. The number of methoxy groups -OCH3 is 1. The van der Waals surface area contributed by atoms with Gasteiger partial charge in [0.05, 0.1) is 12.7 Å². The normalized spacial score (nSPS) is 17.9. The minimum absolute atomic E-state index is 0.0593. The molecule has 0 spiro atoms. The average Bonchev–Trinajstić information content (AvgIpc) is 2.52. The zero-order valence-corrected chi connectivity index (χ0v) is 12.9. The summed E-state index contributed by atoms with van der Waals surface area (Å²) >= 11 is 0. The van der Waals surface area contributed by atoms with Crippen LogP contribution in [0.25, 0.3) is 0 Å². The summed E-state index contributed by atoms with van der Waals surface area (Å²) in [6, 6.07) is 4.31. The van der Waals surface area contributed by atoms with E-state index >= 15 is 0 Å². The van der Waals surface area contributed by atoms with Gasteiger partial charge in [0, 0.05) is 13.1 Å². The summed E-state index contributed by atoms with van der Waals surface area (Å²) in [5, 5.41) is 8.95. The molecule has 0 saturated carbocycles. The van der Waals surface area contributed by atoms with Crippen molar-refractivity contribution in [1.29, 1.82) is 0 Å². The summed E-state index contributed by atoms with van der Waals surface area (Å²) in [6.45, 7) is 3.59. The minimum Gasteiger partial charge on any atom is -0.493 e. The molecule has 1 saturated heterocycles. The van der Waals surface area contributed by atoms with Crippen LogP contribution >= 0.6 is 0 Å². The molecule has 0 aliphatic carbocycles. The topological polar surface area (TPSA) is 76.1 Å². The highest BCUT2D eigenvalue weighted by Gasteiger charge is 2.21. The van der Waals surface area contributed by atoms with Crippen molar-refractivity contribution in [3.8, 4) is 11.5 Å². The van der Waals surface area contributed by atoms with Crippen LogP contribution in [0.15, 0.2) is 18.2 Å². The highest BCUT2D eigenvalue weighted by atomic mass is 16.5. The van der Waals surface area contributed by atoms with E-state index in [-0.39, 0.29) is 18.1 Å². The van der Waals surface area contributed by atoms with E-state index in [1.807, 2.05) is 4.90 Å². The molecule has 2 rings (SSSR count). The maximum absolute atomic E-state index is 12.2. The zero-order valence-electron chi connectivity index (χ0n) is 12.9. The lowest BCUT2D eigenvalue weighted by molar-refractivity contribution is -0.135. The first-order chi connectivity index (χ1) is 10.5. The Kier molecular flexibility index (Phi) is 5.25. The van der Waals surface area contributed by atoms with Crippen LogP contribution in [0.5, 0.6) is 11.5 Å². The zero-order chi connectivity index (χ0) is 16.1. The maximum Gasteiger partial charge on any atom is 0.335 e. The number of hydrogen-bond acceptors (Lipinski definition) is 4. The molecule has 1 aromatic rings. The molecule has 1 heterocycles. The number of piperidine rings is 1. The predicted molar refractivity (Wildman–Crippen MR) is 80.4 cm³/mol. The van der Waals surface area contributed by atoms with Gasteiger partial charge in [-0.15, -0.1) is 0 Å². The number of likely N-dealkylation sites (tertiary alicyclic amines) is 1. The summed E-state index contributed by atoms with van der Waals surface area (Å²) < 4.78 is 10.6. The van der Waals surface area contributed by atoms with Gasteiger partial charge in [-0.2, -0.15) is 0 Å². The van der Waals surface area contributed by atoms with Gasteiger partial charge in [-0.1, -0.05) is 6.92 Å². The number of carbonyl (C=O) groups is 2. The fourth-order valence-electron chi connectivity index (χ4n) is 2.57. The van der Waals surface area contributed by atoms with Crippen LogP contribution in [0.2, 0.25) is 0 Å². The molecule has 1 aliphatic rings. The Balaban J connectivity index is 1.98. The summed E-state index contributed by atoms with van der Waals surface area (Å²) in [5.74, 6) is 0.0897. The highest BCUT2D eigenvalue weighted by molar-refractivity contribution is 5.88. The van der Waals surface area contributed by atoms with Crippen LogP contribution in [0.1, 0.15) is 30.1 Å². The van der Waals surface area contributed by atoms with E-state index < -0.39 is 5.97 Å². The highest BCUT2D eigenvalue weighted by Crippen LogP contribution is 2.28. The van der Waals surface area contributed by atoms with Gasteiger partial charge in [0.25, 0.3) is 5.91 Å². The molecule has 1 aliphatic heterocycles. The molecule has 0 bridgehead atoms. The van der Waals surface area contributed by atoms with Crippen molar-refractivity contribution in [1.82, 2.24) is 4.90 Å². The largest absolute Gasteiger partial charge is 0.493 e. The van der Waals surface area contributed by atoms with Gasteiger partial charge in [0.1, 0.15) is 0 Å². The molecule has 6 heteroatoms. The smallest absolute Gasteiger partial charge is 0.335 e. The predicted octanol–water partition coefficient (Wildman–Crippen LogP) is 2.03. The third-order valence-corrected chi connectivity index (χ3v) is 3.77. The number of nitrogens with zero attached hydrogens (tertiary/aromatic N) is 1. The van der Waals surface area contributed by atoms with Crippen molar-refractivity contribution in [2.75, 3.05) is 26.8 Å². The lowest BCUT2D eigenvalue weighted by Crippen LogP contribution is -2.41. The van der Waals surface area contributed by atoms with Gasteiger partial charge < -0.3 is 19.5 Å². The molecule has 1 aromatic carbocycles. The van der Waals surface area contributed by atoms with Gasteiger partial charge in [-0.05, 0) is 37.0 Å². The Bertz CT molecular complexity index is 557. The van der Waals surface area contributed by atoms with Crippen LogP contribution < -0.4 is 9.47 Å². The second kappa shape index (κ2) is 7.15. The van der Waals surface area contributed by atoms with Crippen molar-refractivity contribution >= 4 is 11.9 Å². The van der Waals surface area contributed by atoms with Gasteiger partial charge in [-0.25, -0.2) is 4.79 Å². The fourth-order valence-corrected chi connectivity index (χ4v) is 2.57. The SMILES string of the molecule is COc1cc(C(=O)O)ccc1OCC(=O)N1CCC[C@@H](C)C1. The quantitative estimate of drug-likeness (QED) is 0.900. The molecule has 1 fully saturated rings. The molecule has 1 amide bonds. The van der Waals surface area contributed by atoms with Crippen molar-refractivity contribution < 1.29 is 24.2 Å². The number of carboxylic acid groups (broad SMARTS) is 1. The third-order valence-electron chi connectivity index (χ3n) is 3.77. The summed E-state index contributed by atoms with van der Waals surface area (Å²) in [4.78, 5) is 24.9. The van der Waals surface area contributed by atoms with Crippen LogP contribution in [0, 0.1) is 5.92 Å². The monoisotopic (exact) mass is 307 g/mol. The number of amides is 1. The second-order valence-corrected chi connectivity index (χ2v) is 5.55. The molecule has 120 valence electrons. The Morgan fingerprint density at radius 3 is 2.77 bits per heavy atom. The number of rotatable bonds is 5. The van der Waals surface area contributed by atoms with Gasteiger partial charge >= 0.3 is 5.97 Å². The van der Waals surface area contributed by atoms with Crippen molar-refractivity contribution in [2.45, 2.75) is 19.8 Å². The second-order valence-electron chi connectivity index (χ2n) is 5.55. The molecule has 1 N–H and O–H groups in total. The number of carboxylic acids is 1. The van der Waals surface area contributed by atoms with Crippen LogP contribution in [0.3, 0.4) is 0 Å². The van der Waals surface area contributed by atoms with Crippen LogP contribution in [-0.4, -0.2) is 48.7 Å². The molecule has 6 nitrogen and oxygen atoms in total. The molecule has 22 heavy (non-hydrogen) atoms. The van der Waals surface area contributed by atoms with Gasteiger partial charge in [0.2, 0.25) is 0 Å². The number of carbonyl (C=O) groups excluding carboxylic acids is 1. The number of ether oxygens (including phenoxy) is 2. The van der Waals surface area contributed by atoms with E-state index in [9.17, 15) is 9.59 Å². The number of aromatic carboxylic acids is 1. The summed E-state index contributed by atoms with van der Waals surface area (Å²) in [6.07, 6.45) is 2.17. The molecular formula is C16H21NO5. The first-order valence-corrected chi connectivity index (χ1v) is 7.33. The van der Waals surface area contributed by atoms with E-state index in [0.717, 1.165) is 25.9 Å².